The fourth-order valence-corrected chi connectivity index (χ4v) is 1.95. The van der Waals surface area contributed by atoms with E-state index < -0.39 is 0 Å². The Morgan fingerprint density at radius 2 is 1.81 bits per heavy atom. The summed E-state index contributed by atoms with van der Waals surface area (Å²) in [6.45, 7) is 3.70. The van der Waals surface area contributed by atoms with Gasteiger partial charge in [0.2, 0.25) is 0 Å². The lowest BCUT2D eigenvalue weighted by Gasteiger charge is -2.18. The quantitative estimate of drug-likeness (QED) is 0.630. The molecule has 0 saturated heterocycles. The van der Waals surface area contributed by atoms with Crippen molar-refractivity contribution >= 4 is 5.91 Å². The largest absolute Gasteiger partial charge is 0.287 e. The average Bonchev–Trinajstić information content (AvgIpc) is 2.53. The van der Waals surface area contributed by atoms with Gasteiger partial charge in [-0.2, -0.15) is 0 Å². The molecule has 0 saturated carbocycles. The van der Waals surface area contributed by atoms with Gasteiger partial charge in [-0.25, -0.2) is 9.82 Å². The third-order valence-electron chi connectivity index (χ3n) is 3.07. The lowest BCUT2D eigenvalue weighted by Crippen LogP contribution is -2.39. The molecule has 0 aromatic heterocycles. The second-order valence-electron chi connectivity index (χ2n) is 4.59. The maximum Gasteiger partial charge on any atom is 0.265 e. The van der Waals surface area contributed by atoms with Crippen LogP contribution in [0.5, 0.6) is 0 Å². The molecule has 0 aliphatic heterocycles. The van der Waals surface area contributed by atoms with Crippen LogP contribution in [-0.2, 0) is 0 Å². The molecule has 0 heterocycles. The van der Waals surface area contributed by atoms with Crippen molar-refractivity contribution in [3.63, 3.8) is 0 Å². The van der Waals surface area contributed by atoms with E-state index in [-0.39, 0.29) is 17.8 Å². The Bertz CT molecular complexity index is 596. The third-order valence-corrected chi connectivity index (χ3v) is 3.07. The topological polar surface area (TPSA) is 41.1 Å². The van der Waals surface area contributed by atoms with E-state index in [2.05, 4.69) is 17.4 Å². The highest BCUT2D eigenvalue weighted by molar-refractivity contribution is 5.93. The normalized spacial score (nSPS) is 11.7. The van der Waals surface area contributed by atoms with Crippen LogP contribution in [0.2, 0.25) is 0 Å². The average molecular weight is 284 g/mol. The van der Waals surface area contributed by atoms with Gasteiger partial charge >= 0.3 is 0 Å². The fraction of sp³-hybridized carbons (Fsp3) is 0.118. The van der Waals surface area contributed by atoms with Crippen molar-refractivity contribution < 1.29 is 9.18 Å². The second kappa shape index (κ2) is 7.36. The van der Waals surface area contributed by atoms with E-state index in [0.717, 1.165) is 5.56 Å². The number of carbonyl (C=O) groups is 1. The molecule has 0 aliphatic carbocycles. The van der Waals surface area contributed by atoms with Crippen LogP contribution in [0.3, 0.4) is 0 Å². The summed E-state index contributed by atoms with van der Waals surface area (Å²) in [7, 11) is 0. The highest BCUT2D eigenvalue weighted by atomic mass is 19.1. The number of halogens is 1. The number of carbonyl (C=O) groups excluding carboxylic acids is 1. The van der Waals surface area contributed by atoms with Crippen LogP contribution in [0, 0.1) is 5.82 Å². The van der Waals surface area contributed by atoms with E-state index in [1.165, 1.54) is 12.1 Å². The molecule has 1 unspecified atom stereocenters. The summed E-state index contributed by atoms with van der Waals surface area (Å²) in [5.41, 5.74) is 7.08. The first-order valence-electron chi connectivity index (χ1n) is 6.68. The molecule has 3 nitrogen and oxygen atoms in total. The molecular formula is C17H17FN2O. The van der Waals surface area contributed by atoms with Crippen LogP contribution < -0.4 is 10.9 Å². The fourth-order valence-electron chi connectivity index (χ4n) is 1.95. The number of hydrogen-bond acceptors (Lipinski definition) is 2. The molecule has 21 heavy (non-hydrogen) atoms. The summed E-state index contributed by atoms with van der Waals surface area (Å²) >= 11 is 0. The van der Waals surface area contributed by atoms with E-state index >= 15 is 0 Å². The van der Waals surface area contributed by atoms with Crippen molar-refractivity contribution in [3.05, 3.63) is 84.2 Å². The molecular weight excluding hydrogens is 267 g/mol. The van der Waals surface area contributed by atoms with E-state index in [9.17, 15) is 9.18 Å². The Balaban J connectivity index is 2.02. The van der Waals surface area contributed by atoms with Gasteiger partial charge in [-0.05, 0) is 36.2 Å². The Morgan fingerprint density at radius 1 is 1.14 bits per heavy atom. The second-order valence-corrected chi connectivity index (χ2v) is 4.59. The highest BCUT2D eigenvalue weighted by Crippen LogP contribution is 2.17. The molecule has 2 rings (SSSR count). The summed E-state index contributed by atoms with van der Waals surface area (Å²) in [4.78, 5) is 12.0. The highest BCUT2D eigenvalue weighted by Gasteiger charge is 2.11. The van der Waals surface area contributed by atoms with Gasteiger partial charge in [-0.15, -0.1) is 6.58 Å². The van der Waals surface area contributed by atoms with Crippen LogP contribution in [0.25, 0.3) is 0 Å². The molecule has 0 bridgehead atoms. The minimum absolute atomic E-state index is 0.157. The van der Waals surface area contributed by atoms with Gasteiger partial charge in [0, 0.05) is 5.56 Å². The van der Waals surface area contributed by atoms with Crippen LogP contribution in [0.1, 0.15) is 28.4 Å². The standard InChI is InChI=1S/C17H17FN2O/c1-2-6-16(13-9-11-15(18)12-10-13)19-20-17(21)14-7-4-3-5-8-14/h2-5,7-12,16,19H,1,6H2,(H,20,21). The first kappa shape index (κ1) is 14.9. The predicted octanol–water partition coefficient (Wildman–Crippen LogP) is 3.38. The molecule has 2 N–H and O–H groups in total. The molecule has 2 aromatic rings. The Labute approximate surface area is 123 Å². The maximum atomic E-state index is 13.0. The van der Waals surface area contributed by atoms with Gasteiger partial charge < -0.3 is 0 Å². The zero-order chi connectivity index (χ0) is 15.1. The number of hydrogen-bond donors (Lipinski definition) is 2. The van der Waals surface area contributed by atoms with Gasteiger partial charge in [0.05, 0.1) is 6.04 Å². The minimum atomic E-state index is -0.288. The van der Waals surface area contributed by atoms with Gasteiger partial charge in [-0.3, -0.25) is 10.2 Å². The molecule has 2 aromatic carbocycles. The first-order chi connectivity index (χ1) is 10.2. The van der Waals surface area contributed by atoms with Crippen LogP contribution in [-0.4, -0.2) is 5.91 Å². The molecule has 4 heteroatoms. The molecule has 0 radical (unpaired) electrons. The maximum absolute atomic E-state index is 13.0. The Kier molecular flexibility index (Phi) is 5.23. The van der Waals surface area contributed by atoms with Crippen molar-refractivity contribution in [1.29, 1.82) is 0 Å². The van der Waals surface area contributed by atoms with E-state index in [1.807, 2.05) is 6.07 Å². The van der Waals surface area contributed by atoms with Crippen molar-refractivity contribution in [2.24, 2.45) is 0 Å². The zero-order valence-corrected chi connectivity index (χ0v) is 11.6. The summed E-state index contributed by atoms with van der Waals surface area (Å²) in [6, 6.07) is 14.9. The summed E-state index contributed by atoms with van der Waals surface area (Å²) < 4.78 is 13.0. The lowest BCUT2D eigenvalue weighted by atomic mass is 10.0. The minimum Gasteiger partial charge on any atom is -0.287 e. The molecule has 108 valence electrons. The van der Waals surface area contributed by atoms with Crippen LogP contribution in [0.15, 0.2) is 67.3 Å². The third kappa shape index (κ3) is 4.26. The SMILES string of the molecule is C=CCC(NNC(=O)c1ccccc1)c1ccc(F)cc1. The van der Waals surface area contributed by atoms with Gasteiger partial charge in [0.1, 0.15) is 5.82 Å². The number of benzene rings is 2. The monoisotopic (exact) mass is 284 g/mol. The molecule has 0 aliphatic rings. The van der Waals surface area contributed by atoms with Gasteiger partial charge in [0.15, 0.2) is 0 Å². The first-order valence-corrected chi connectivity index (χ1v) is 6.68. The van der Waals surface area contributed by atoms with Crippen molar-refractivity contribution in [3.8, 4) is 0 Å². The van der Waals surface area contributed by atoms with Crippen molar-refractivity contribution in [1.82, 2.24) is 10.9 Å². The van der Waals surface area contributed by atoms with Crippen molar-refractivity contribution in [2.75, 3.05) is 0 Å². The number of rotatable bonds is 6. The Morgan fingerprint density at radius 3 is 2.43 bits per heavy atom. The number of amides is 1. The summed E-state index contributed by atoms with van der Waals surface area (Å²) in [5.74, 6) is -0.504. The van der Waals surface area contributed by atoms with Gasteiger partial charge in [-0.1, -0.05) is 36.4 Å². The number of nitrogens with one attached hydrogen (secondary N) is 2. The van der Waals surface area contributed by atoms with E-state index in [4.69, 9.17) is 0 Å². The zero-order valence-electron chi connectivity index (χ0n) is 11.6. The van der Waals surface area contributed by atoms with E-state index in [1.54, 1.807) is 42.5 Å². The van der Waals surface area contributed by atoms with Crippen LogP contribution >= 0.6 is 0 Å². The Hall–Kier alpha value is -2.46. The summed E-state index contributed by atoms with van der Waals surface area (Å²) in [5, 5.41) is 0. The number of hydrazine groups is 1. The van der Waals surface area contributed by atoms with Crippen LogP contribution in [0.4, 0.5) is 4.39 Å². The molecule has 1 amide bonds. The molecule has 1 atom stereocenters. The molecule has 0 fully saturated rings. The van der Waals surface area contributed by atoms with Crippen molar-refractivity contribution in [2.45, 2.75) is 12.5 Å². The van der Waals surface area contributed by atoms with Gasteiger partial charge in [0.25, 0.3) is 5.91 Å². The summed E-state index contributed by atoms with van der Waals surface area (Å²) in [6.07, 6.45) is 2.36. The smallest absolute Gasteiger partial charge is 0.265 e. The lowest BCUT2D eigenvalue weighted by molar-refractivity contribution is 0.0925. The van der Waals surface area contributed by atoms with E-state index in [0.29, 0.717) is 12.0 Å². The predicted molar refractivity (Wildman–Crippen MR) is 81.0 cm³/mol. The molecule has 0 spiro atoms.